The van der Waals surface area contributed by atoms with Gasteiger partial charge in [-0.05, 0) is 29.6 Å². The van der Waals surface area contributed by atoms with Crippen molar-refractivity contribution < 1.29 is 14.0 Å². The van der Waals surface area contributed by atoms with Crippen LogP contribution in [0.4, 0.5) is 0 Å². The van der Waals surface area contributed by atoms with Gasteiger partial charge in [0.15, 0.2) is 16.7 Å². The molecule has 0 radical (unpaired) electrons. The molecule has 4 rings (SSSR count). The quantitative estimate of drug-likeness (QED) is 0.349. The molecular formula is C18H16N4O4S2. The summed E-state index contributed by atoms with van der Waals surface area (Å²) < 4.78 is 18.1. The minimum absolute atomic E-state index is 0.0564. The fraction of sp³-hybridized carbons (Fsp3) is 0.222. The highest BCUT2D eigenvalue weighted by Gasteiger charge is 2.14. The lowest BCUT2D eigenvalue weighted by atomic mass is 10.2. The number of fused-ring (bicyclic) bond motifs is 1. The van der Waals surface area contributed by atoms with E-state index in [0.717, 1.165) is 5.56 Å². The first kappa shape index (κ1) is 18.5. The van der Waals surface area contributed by atoms with E-state index in [1.165, 1.54) is 27.7 Å². The van der Waals surface area contributed by atoms with Gasteiger partial charge in [-0.3, -0.25) is 9.36 Å². The normalized spacial score (nSPS) is 11.1. The Balaban J connectivity index is 1.55. The van der Waals surface area contributed by atoms with E-state index in [2.05, 4.69) is 15.1 Å². The zero-order valence-corrected chi connectivity index (χ0v) is 17.0. The van der Waals surface area contributed by atoms with E-state index in [1.54, 1.807) is 33.4 Å². The summed E-state index contributed by atoms with van der Waals surface area (Å²) in [6.45, 7) is 0. The third kappa shape index (κ3) is 3.36. The smallest absolute Gasteiger partial charge is 0.271 e. The van der Waals surface area contributed by atoms with E-state index >= 15 is 0 Å². The fourth-order valence-corrected chi connectivity index (χ4v) is 4.24. The van der Waals surface area contributed by atoms with Crippen LogP contribution in [0.15, 0.2) is 44.1 Å². The maximum atomic E-state index is 12.4. The monoisotopic (exact) mass is 416 g/mol. The average molecular weight is 416 g/mol. The minimum Gasteiger partial charge on any atom is -0.493 e. The van der Waals surface area contributed by atoms with Crippen molar-refractivity contribution in [1.29, 1.82) is 0 Å². The lowest BCUT2D eigenvalue weighted by Crippen LogP contribution is -2.18. The molecule has 0 aliphatic carbocycles. The van der Waals surface area contributed by atoms with Crippen LogP contribution in [0.5, 0.6) is 11.5 Å². The number of rotatable bonds is 6. The van der Waals surface area contributed by atoms with Crippen LogP contribution in [0.1, 0.15) is 5.89 Å². The van der Waals surface area contributed by atoms with Gasteiger partial charge in [0.25, 0.3) is 5.56 Å². The van der Waals surface area contributed by atoms with Crippen molar-refractivity contribution in [2.75, 3.05) is 14.2 Å². The number of methoxy groups -OCH3 is 2. The Morgan fingerprint density at radius 3 is 2.79 bits per heavy atom. The number of hydrogen-bond acceptors (Lipinski definition) is 9. The number of hydrogen-bond donors (Lipinski definition) is 0. The van der Waals surface area contributed by atoms with Gasteiger partial charge in [-0.15, -0.1) is 11.3 Å². The highest BCUT2D eigenvalue weighted by atomic mass is 32.2. The predicted molar refractivity (Wildman–Crippen MR) is 107 cm³/mol. The van der Waals surface area contributed by atoms with Crippen LogP contribution in [-0.4, -0.2) is 33.9 Å². The average Bonchev–Trinajstić information content (AvgIpc) is 3.38. The summed E-state index contributed by atoms with van der Waals surface area (Å²) in [7, 11) is 4.86. The van der Waals surface area contributed by atoms with Gasteiger partial charge in [-0.25, -0.2) is 4.98 Å². The summed E-state index contributed by atoms with van der Waals surface area (Å²) in [4.78, 5) is 21.3. The largest absolute Gasteiger partial charge is 0.493 e. The SMILES string of the molecule is COc1ccc(-c2noc(CSc3nc4ccsc4c(=O)n3C)n2)cc1OC. The number of benzene rings is 1. The third-order valence-electron chi connectivity index (χ3n) is 4.08. The molecule has 28 heavy (non-hydrogen) atoms. The molecule has 0 atom stereocenters. The molecule has 3 aromatic heterocycles. The fourth-order valence-electron chi connectivity index (χ4n) is 2.63. The Hall–Kier alpha value is -2.85. The molecule has 0 amide bonds. The van der Waals surface area contributed by atoms with E-state index in [9.17, 15) is 4.79 Å². The third-order valence-corrected chi connectivity index (χ3v) is 5.99. The van der Waals surface area contributed by atoms with E-state index < -0.39 is 0 Å². The molecule has 0 bridgehead atoms. The van der Waals surface area contributed by atoms with Crippen LogP contribution in [0.2, 0.25) is 0 Å². The van der Waals surface area contributed by atoms with Crippen LogP contribution in [-0.2, 0) is 12.8 Å². The summed E-state index contributed by atoms with van der Waals surface area (Å²) in [5.74, 6) is 2.50. The van der Waals surface area contributed by atoms with Gasteiger partial charge < -0.3 is 14.0 Å². The van der Waals surface area contributed by atoms with Gasteiger partial charge >= 0.3 is 0 Å². The van der Waals surface area contributed by atoms with Gasteiger partial charge in [0, 0.05) is 12.6 Å². The molecular weight excluding hydrogens is 400 g/mol. The second kappa shape index (κ2) is 7.64. The van der Waals surface area contributed by atoms with E-state index in [0.29, 0.717) is 44.3 Å². The van der Waals surface area contributed by atoms with Crippen LogP contribution >= 0.6 is 23.1 Å². The molecule has 1 aromatic carbocycles. The molecule has 0 saturated carbocycles. The van der Waals surface area contributed by atoms with Crippen LogP contribution < -0.4 is 15.0 Å². The molecule has 4 aromatic rings. The summed E-state index contributed by atoms with van der Waals surface area (Å²) in [5.41, 5.74) is 1.40. The second-order valence-corrected chi connectivity index (χ2v) is 7.62. The van der Waals surface area contributed by atoms with Crippen molar-refractivity contribution in [3.63, 3.8) is 0 Å². The number of aromatic nitrogens is 4. The van der Waals surface area contributed by atoms with Gasteiger partial charge in [0.05, 0.1) is 25.5 Å². The zero-order valence-electron chi connectivity index (χ0n) is 15.3. The predicted octanol–water partition coefficient (Wildman–Crippen LogP) is 3.35. The molecule has 0 fully saturated rings. The summed E-state index contributed by atoms with van der Waals surface area (Å²) in [6.07, 6.45) is 0. The van der Waals surface area contributed by atoms with E-state index in [-0.39, 0.29) is 5.56 Å². The summed E-state index contributed by atoms with van der Waals surface area (Å²) in [5, 5.41) is 6.49. The zero-order chi connectivity index (χ0) is 19.7. The Labute approximate surface area is 168 Å². The standard InChI is InChI=1S/C18H16N4O4S2/c1-22-17(23)15-11(6-7-27-15)19-18(22)28-9-14-20-16(21-26-14)10-4-5-12(24-2)13(8-10)25-3/h4-8H,9H2,1-3H3. The van der Waals surface area contributed by atoms with Crippen molar-refractivity contribution in [2.45, 2.75) is 10.9 Å². The molecule has 144 valence electrons. The topological polar surface area (TPSA) is 92.3 Å². The Bertz CT molecular complexity index is 1200. The molecule has 8 nitrogen and oxygen atoms in total. The highest BCUT2D eigenvalue weighted by Crippen LogP contribution is 2.31. The number of nitrogens with zero attached hydrogens (tertiary/aromatic N) is 4. The van der Waals surface area contributed by atoms with Crippen LogP contribution in [0, 0.1) is 0 Å². The molecule has 0 unspecified atom stereocenters. The molecule has 0 saturated heterocycles. The van der Waals surface area contributed by atoms with E-state index in [4.69, 9.17) is 14.0 Å². The van der Waals surface area contributed by atoms with Crippen molar-refractivity contribution >= 4 is 33.3 Å². The van der Waals surface area contributed by atoms with Crippen molar-refractivity contribution in [3.8, 4) is 22.9 Å². The first-order valence-corrected chi connectivity index (χ1v) is 10.1. The maximum Gasteiger partial charge on any atom is 0.271 e. The molecule has 0 spiro atoms. The van der Waals surface area contributed by atoms with Gasteiger partial charge in [-0.2, -0.15) is 4.98 Å². The molecule has 3 heterocycles. The first-order valence-electron chi connectivity index (χ1n) is 8.22. The lowest BCUT2D eigenvalue weighted by molar-refractivity contribution is 0.355. The van der Waals surface area contributed by atoms with E-state index in [1.807, 2.05) is 17.5 Å². The van der Waals surface area contributed by atoms with Gasteiger partial charge in [0.1, 0.15) is 4.70 Å². The summed E-state index contributed by atoms with van der Waals surface area (Å²) in [6, 6.07) is 7.25. The molecule has 0 aliphatic rings. The van der Waals surface area contributed by atoms with Crippen LogP contribution in [0.3, 0.4) is 0 Å². The summed E-state index contributed by atoms with van der Waals surface area (Å²) >= 11 is 2.76. The van der Waals surface area contributed by atoms with Crippen molar-refractivity contribution in [1.82, 2.24) is 19.7 Å². The number of ether oxygens (including phenoxy) is 2. The Morgan fingerprint density at radius 1 is 1.18 bits per heavy atom. The highest BCUT2D eigenvalue weighted by molar-refractivity contribution is 7.98. The second-order valence-electron chi connectivity index (χ2n) is 5.76. The minimum atomic E-state index is -0.0564. The molecule has 10 heteroatoms. The number of thioether (sulfide) groups is 1. The van der Waals surface area contributed by atoms with Gasteiger partial charge in [0.2, 0.25) is 11.7 Å². The first-order chi connectivity index (χ1) is 13.6. The molecule has 0 N–H and O–H groups in total. The lowest BCUT2D eigenvalue weighted by Gasteiger charge is -2.07. The molecule has 0 aliphatic heterocycles. The Morgan fingerprint density at radius 2 is 2.00 bits per heavy atom. The van der Waals surface area contributed by atoms with Crippen molar-refractivity contribution in [3.05, 3.63) is 45.9 Å². The van der Waals surface area contributed by atoms with Gasteiger partial charge in [-0.1, -0.05) is 16.9 Å². The van der Waals surface area contributed by atoms with Crippen molar-refractivity contribution in [2.24, 2.45) is 7.05 Å². The van der Waals surface area contributed by atoms with Crippen LogP contribution in [0.25, 0.3) is 21.6 Å². The number of thiophene rings is 1. The Kier molecular flexibility index (Phi) is 5.05. The maximum absolute atomic E-state index is 12.4.